The molecular formula is C13H20O3. The van der Waals surface area contributed by atoms with Crippen molar-refractivity contribution in [1.29, 1.82) is 0 Å². The molecule has 4 unspecified atom stereocenters. The second kappa shape index (κ2) is 3.33. The fourth-order valence-corrected chi connectivity index (χ4v) is 3.19. The van der Waals surface area contributed by atoms with Crippen LogP contribution in [0, 0.1) is 11.8 Å². The number of hydrogen-bond donors (Lipinski definition) is 1. The molecule has 2 aliphatic rings. The summed E-state index contributed by atoms with van der Waals surface area (Å²) >= 11 is 0. The maximum atomic E-state index is 11.6. The van der Waals surface area contributed by atoms with E-state index in [1.54, 1.807) is 6.92 Å². The molecule has 0 heterocycles. The molecule has 2 rings (SSSR count). The third-order valence-electron chi connectivity index (χ3n) is 4.30. The van der Waals surface area contributed by atoms with Crippen molar-refractivity contribution in [3.63, 3.8) is 0 Å². The summed E-state index contributed by atoms with van der Waals surface area (Å²) in [6.45, 7) is 9.12. The van der Waals surface area contributed by atoms with Crippen LogP contribution in [0.3, 0.4) is 0 Å². The molecule has 0 aromatic rings. The Morgan fingerprint density at radius 1 is 1.38 bits per heavy atom. The van der Waals surface area contributed by atoms with Crippen LogP contribution >= 0.6 is 0 Å². The zero-order valence-corrected chi connectivity index (χ0v) is 10.2. The molecule has 0 amide bonds. The fourth-order valence-electron chi connectivity index (χ4n) is 3.19. The number of rotatable bonds is 2. The highest BCUT2D eigenvalue weighted by atomic mass is 16.6. The van der Waals surface area contributed by atoms with Crippen LogP contribution in [0.1, 0.15) is 40.0 Å². The zero-order valence-electron chi connectivity index (χ0n) is 10.2. The molecule has 3 nitrogen and oxygen atoms in total. The lowest BCUT2D eigenvalue weighted by molar-refractivity contribution is -0.163. The Labute approximate surface area is 96.5 Å². The van der Waals surface area contributed by atoms with E-state index in [1.807, 2.05) is 13.8 Å². The van der Waals surface area contributed by atoms with E-state index < -0.39 is 11.2 Å². The smallest absolute Gasteiger partial charge is 0.333 e. The minimum atomic E-state index is -0.570. The van der Waals surface area contributed by atoms with Crippen LogP contribution in [0.2, 0.25) is 0 Å². The molecule has 0 aliphatic heterocycles. The van der Waals surface area contributed by atoms with E-state index in [-0.39, 0.29) is 17.8 Å². The van der Waals surface area contributed by atoms with E-state index >= 15 is 0 Å². The normalized spacial score (nSPS) is 45.8. The topological polar surface area (TPSA) is 46.5 Å². The third-order valence-corrected chi connectivity index (χ3v) is 4.30. The highest BCUT2D eigenvalue weighted by Crippen LogP contribution is 2.56. The van der Waals surface area contributed by atoms with E-state index in [4.69, 9.17) is 4.74 Å². The number of carbonyl (C=O) groups is 1. The van der Waals surface area contributed by atoms with E-state index in [0.29, 0.717) is 5.57 Å². The lowest BCUT2D eigenvalue weighted by atomic mass is 9.78. The minimum absolute atomic E-state index is 0.264. The molecule has 2 fully saturated rings. The highest BCUT2D eigenvalue weighted by Gasteiger charge is 2.59. The van der Waals surface area contributed by atoms with Gasteiger partial charge in [-0.1, -0.05) is 6.58 Å². The van der Waals surface area contributed by atoms with Crippen LogP contribution in [0.25, 0.3) is 0 Å². The first-order chi connectivity index (χ1) is 7.24. The van der Waals surface area contributed by atoms with Gasteiger partial charge in [-0.05, 0) is 46.0 Å². The van der Waals surface area contributed by atoms with Crippen molar-refractivity contribution < 1.29 is 14.6 Å². The molecule has 90 valence electrons. The summed E-state index contributed by atoms with van der Waals surface area (Å²) in [6.07, 6.45) is 2.47. The molecule has 0 aromatic carbocycles. The Morgan fingerprint density at radius 3 is 2.38 bits per heavy atom. The van der Waals surface area contributed by atoms with Gasteiger partial charge < -0.3 is 9.84 Å². The van der Waals surface area contributed by atoms with E-state index in [2.05, 4.69) is 6.58 Å². The summed E-state index contributed by atoms with van der Waals surface area (Å²) in [6, 6.07) is 0. The summed E-state index contributed by atoms with van der Waals surface area (Å²) in [5.74, 6) is 0.242. The lowest BCUT2D eigenvalue weighted by Gasteiger charge is -2.39. The van der Waals surface area contributed by atoms with Crippen LogP contribution < -0.4 is 0 Å². The molecular weight excluding hydrogens is 204 g/mol. The van der Waals surface area contributed by atoms with Crippen LogP contribution in [0.4, 0.5) is 0 Å². The first-order valence-electron chi connectivity index (χ1n) is 5.86. The van der Waals surface area contributed by atoms with Gasteiger partial charge in [-0.15, -0.1) is 0 Å². The number of aliphatic hydroxyl groups is 1. The SMILES string of the molecule is C=C(C)C(=O)OC1(C)CC2CC1CC2(C)O. The lowest BCUT2D eigenvalue weighted by Crippen LogP contribution is -2.44. The van der Waals surface area contributed by atoms with Crippen LogP contribution in [0.5, 0.6) is 0 Å². The van der Waals surface area contributed by atoms with Gasteiger partial charge in [0.15, 0.2) is 0 Å². The Bertz CT molecular complexity index is 345. The van der Waals surface area contributed by atoms with Crippen molar-refractivity contribution in [3.8, 4) is 0 Å². The zero-order chi connectivity index (χ0) is 12.1. The Hall–Kier alpha value is -0.830. The summed E-state index contributed by atoms with van der Waals surface area (Å²) < 4.78 is 5.54. The Kier molecular flexibility index (Phi) is 2.42. The van der Waals surface area contributed by atoms with E-state index in [9.17, 15) is 9.90 Å². The molecule has 2 saturated carbocycles. The number of ether oxygens (including phenoxy) is 1. The van der Waals surface area contributed by atoms with Gasteiger partial charge in [0, 0.05) is 11.5 Å². The quantitative estimate of drug-likeness (QED) is 0.577. The average molecular weight is 224 g/mol. The maximum absolute atomic E-state index is 11.6. The predicted octanol–water partition coefficient (Wildman–Crippen LogP) is 2.05. The molecule has 0 radical (unpaired) electrons. The molecule has 0 saturated heterocycles. The summed E-state index contributed by atoms with van der Waals surface area (Å²) in [5.41, 5.74) is -0.529. The monoisotopic (exact) mass is 224 g/mol. The summed E-state index contributed by atoms with van der Waals surface area (Å²) in [7, 11) is 0. The number of esters is 1. The molecule has 16 heavy (non-hydrogen) atoms. The maximum Gasteiger partial charge on any atom is 0.333 e. The van der Waals surface area contributed by atoms with Crippen molar-refractivity contribution in [2.45, 2.75) is 51.2 Å². The molecule has 3 heteroatoms. The molecule has 2 bridgehead atoms. The van der Waals surface area contributed by atoms with Crippen LogP contribution in [-0.2, 0) is 9.53 Å². The van der Waals surface area contributed by atoms with Gasteiger partial charge in [0.25, 0.3) is 0 Å². The summed E-state index contributed by atoms with van der Waals surface area (Å²) in [5, 5.41) is 10.1. The predicted molar refractivity (Wildman–Crippen MR) is 60.8 cm³/mol. The van der Waals surface area contributed by atoms with Crippen molar-refractivity contribution >= 4 is 5.97 Å². The Morgan fingerprint density at radius 2 is 2.00 bits per heavy atom. The standard InChI is InChI=1S/C13H20O3/c1-8(2)11(14)16-13(4)7-9-5-10(13)6-12(9,3)15/h9-10,15H,1,5-7H2,2-4H3. The first kappa shape index (κ1) is 11.6. The molecule has 4 atom stereocenters. The number of fused-ring (bicyclic) bond motifs is 2. The van der Waals surface area contributed by atoms with Gasteiger partial charge in [-0.3, -0.25) is 0 Å². The largest absolute Gasteiger partial charge is 0.456 e. The van der Waals surface area contributed by atoms with E-state index in [1.165, 1.54) is 0 Å². The minimum Gasteiger partial charge on any atom is -0.456 e. The van der Waals surface area contributed by atoms with Gasteiger partial charge >= 0.3 is 5.97 Å². The number of hydrogen-bond acceptors (Lipinski definition) is 3. The van der Waals surface area contributed by atoms with Gasteiger partial charge in [0.05, 0.1) is 5.60 Å². The number of carbonyl (C=O) groups excluding carboxylic acids is 1. The van der Waals surface area contributed by atoms with Gasteiger partial charge in [-0.2, -0.15) is 0 Å². The van der Waals surface area contributed by atoms with Crippen molar-refractivity contribution in [2.24, 2.45) is 11.8 Å². The average Bonchev–Trinajstić information content (AvgIpc) is 2.56. The second-order valence-corrected chi connectivity index (χ2v) is 5.88. The van der Waals surface area contributed by atoms with Crippen LogP contribution in [0.15, 0.2) is 12.2 Å². The molecule has 0 spiro atoms. The van der Waals surface area contributed by atoms with E-state index in [0.717, 1.165) is 19.3 Å². The first-order valence-corrected chi connectivity index (χ1v) is 5.86. The molecule has 0 aromatic heterocycles. The van der Waals surface area contributed by atoms with Crippen molar-refractivity contribution in [3.05, 3.63) is 12.2 Å². The van der Waals surface area contributed by atoms with Crippen molar-refractivity contribution in [1.82, 2.24) is 0 Å². The fraction of sp³-hybridized carbons (Fsp3) is 0.769. The second-order valence-electron chi connectivity index (χ2n) is 5.88. The van der Waals surface area contributed by atoms with Gasteiger partial charge in [-0.25, -0.2) is 4.79 Å². The van der Waals surface area contributed by atoms with Crippen molar-refractivity contribution in [2.75, 3.05) is 0 Å². The van der Waals surface area contributed by atoms with Gasteiger partial charge in [0.1, 0.15) is 5.60 Å². The van der Waals surface area contributed by atoms with Crippen LogP contribution in [-0.4, -0.2) is 22.3 Å². The molecule has 2 aliphatic carbocycles. The Balaban J connectivity index is 2.08. The third kappa shape index (κ3) is 1.67. The summed E-state index contributed by atoms with van der Waals surface area (Å²) in [4.78, 5) is 11.6. The molecule has 1 N–H and O–H groups in total. The van der Waals surface area contributed by atoms with Gasteiger partial charge in [0.2, 0.25) is 0 Å². The highest BCUT2D eigenvalue weighted by molar-refractivity contribution is 5.87.